The minimum Gasteiger partial charge on any atom is -0.373 e. The summed E-state index contributed by atoms with van der Waals surface area (Å²) in [5, 5.41) is 7.55. The summed E-state index contributed by atoms with van der Waals surface area (Å²) in [5.74, 6) is 1.78. The molecule has 1 aromatic carbocycles. The largest absolute Gasteiger partial charge is 0.373 e. The number of fused-ring (bicyclic) bond motifs is 1. The lowest BCUT2D eigenvalue weighted by Gasteiger charge is -2.36. The fourth-order valence-electron chi connectivity index (χ4n) is 3.98. The molecule has 2 atom stereocenters. The lowest BCUT2D eigenvalue weighted by molar-refractivity contribution is -0.0502. The van der Waals surface area contributed by atoms with Gasteiger partial charge in [0.15, 0.2) is 5.96 Å². The summed E-state index contributed by atoms with van der Waals surface area (Å²) in [4.78, 5) is 13.9. The average molecular weight is 511 g/mol. The summed E-state index contributed by atoms with van der Waals surface area (Å²) < 4.78 is 7.87. The Hall–Kier alpha value is -1.72. The van der Waals surface area contributed by atoms with Crippen molar-refractivity contribution >= 4 is 29.9 Å². The first-order valence-corrected chi connectivity index (χ1v) is 10.0. The maximum atomic E-state index is 6.11. The molecule has 2 saturated heterocycles. The molecule has 2 unspecified atom stereocenters. The van der Waals surface area contributed by atoms with Crippen LogP contribution in [0.5, 0.6) is 0 Å². The van der Waals surface area contributed by atoms with Gasteiger partial charge >= 0.3 is 0 Å². The van der Waals surface area contributed by atoms with Crippen molar-refractivity contribution in [1.29, 1.82) is 0 Å². The minimum absolute atomic E-state index is 0. The van der Waals surface area contributed by atoms with Gasteiger partial charge in [0.05, 0.1) is 18.8 Å². The Labute approximate surface area is 189 Å². The standard InChI is InChI=1S/C20H29N7O.HI/c1-3-21-20(22-11-19-23-15-24-25(19)2)27-13-17-18(14-27)28-10-9-26(17)12-16-7-5-4-6-8-16;/h4-8,15,17-18H,3,9-14H2,1-2H3,(H,21,22);1H. The Morgan fingerprint density at radius 3 is 2.83 bits per heavy atom. The molecule has 1 N–H and O–H groups in total. The predicted molar refractivity (Wildman–Crippen MR) is 123 cm³/mol. The summed E-state index contributed by atoms with van der Waals surface area (Å²) in [7, 11) is 1.89. The van der Waals surface area contributed by atoms with Crippen molar-refractivity contribution in [2.45, 2.75) is 32.2 Å². The zero-order valence-electron chi connectivity index (χ0n) is 17.1. The van der Waals surface area contributed by atoms with Gasteiger partial charge in [0.25, 0.3) is 0 Å². The first-order valence-electron chi connectivity index (χ1n) is 10.0. The second-order valence-electron chi connectivity index (χ2n) is 7.31. The smallest absolute Gasteiger partial charge is 0.194 e. The lowest BCUT2D eigenvalue weighted by atomic mass is 10.1. The fourth-order valence-corrected chi connectivity index (χ4v) is 3.98. The van der Waals surface area contributed by atoms with E-state index in [0.717, 1.165) is 51.1 Å². The van der Waals surface area contributed by atoms with Crippen LogP contribution in [-0.2, 0) is 24.9 Å². The molecule has 29 heavy (non-hydrogen) atoms. The second-order valence-corrected chi connectivity index (χ2v) is 7.31. The van der Waals surface area contributed by atoms with Crippen LogP contribution in [0.3, 0.4) is 0 Å². The average Bonchev–Trinajstić information content (AvgIpc) is 3.33. The summed E-state index contributed by atoms with van der Waals surface area (Å²) in [5.41, 5.74) is 1.35. The molecular formula is C20H30IN7O. The number of nitrogens with one attached hydrogen (secondary N) is 1. The normalized spacial score (nSPS) is 22.3. The van der Waals surface area contributed by atoms with Crippen LogP contribution in [0.4, 0.5) is 0 Å². The number of morpholine rings is 1. The van der Waals surface area contributed by atoms with Crippen LogP contribution in [-0.4, -0.2) is 75.5 Å². The number of rotatable bonds is 5. The molecular weight excluding hydrogens is 481 g/mol. The van der Waals surface area contributed by atoms with E-state index in [-0.39, 0.29) is 30.1 Å². The van der Waals surface area contributed by atoms with E-state index in [1.807, 2.05) is 7.05 Å². The van der Waals surface area contributed by atoms with Gasteiger partial charge in [0, 0.05) is 39.8 Å². The highest BCUT2D eigenvalue weighted by Crippen LogP contribution is 2.24. The summed E-state index contributed by atoms with van der Waals surface area (Å²) >= 11 is 0. The zero-order valence-corrected chi connectivity index (χ0v) is 19.4. The number of nitrogens with zero attached hydrogens (tertiary/aromatic N) is 6. The van der Waals surface area contributed by atoms with Crippen LogP contribution in [0.1, 0.15) is 18.3 Å². The number of hydrogen-bond donors (Lipinski definition) is 1. The molecule has 2 aliphatic rings. The van der Waals surface area contributed by atoms with Crippen molar-refractivity contribution in [3.05, 3.63) is 48.0 Å². The van der Waals surface area contributed by atoms with Crippen LogP contribution in [0.15, 0.2) is 41.7 Å². The molecule has 9 heteroatoms. The number of halogens is 1. The van der Waals surface area contributed by atoms with Crippen molar-refractivity contribution in [1.82, 2.24) is 29.9 Å². The Bertz CT molecular complexity index is 797. The van der Waals surface area contributed by atoms with Crippen molar-refractivity contribution in [2.24, 2.45) is 12.0 Å². The first-order chi connectivity index (χ1) is 13.7. The van der Waals surface area contributed by atoms with Gasteiger partial charge in [0.1, 0.15) is 18.7 Å². The van der Waals surface area contributed by atoms with E-state index < -0.39 is 0 Å². The highest BCUT2D eigenvalue weighted by Gasteiger charge is 2.41. The van der Waals surface area contributed by atoms with E-state index >= 15 is 0 Å². The Balaban J connectivity index is 0.00000240. The molecule has 0 spiro atoms. The van der Waals surface area contributed by atoms with Gasteiger partial charge in [-0.1, -0.05) is 30.3 Å². The van der Waals surface area contributed by atoms with Gasteiger partial charge in [-0.3, -0.25) is 9.58 Å². The van der Waals surface area contributed by atoms with E-state index in [1.54, 1.807) is 11.0 Å². The van der Waals surface area contributed by atoms with Gasteiger partial charge in [-0.25, -0.2) is 9.98 Å². The van der Waals surface area contributed by atoms with Crippen LogP contribution in [0.2, 0.25) is 0 Å². The number of benzene rings is 1. The summed E-state index contributed by atoms with van der Waals surface area (Å²) in [6, 6.07) is 11.1. The summed E-state index contributed by atoms with van der Waals surface area (Å²) in [6.45, 7) is 7.94. The van der Waals surface area contributed by atoms with Crippen LogP contribution in [0, 0.1) is 0 Å². The van der Waals surface area contributed by atoms with Crippen molar-refractivity contribution in [3.8, 4) is 0 Å². The van der Waals surface area contributed by atoms with E-state index in [9.17, 15) is 0 Å². The molecule has 2 aliphatic heterocycles. The predicted octanol–water partition coefficient (Wildman–Crippen LogP) is 1.48. The Morgan fingerprint density at radius 1 is 1.28 bits per heavy atom. The second kappa shape index (κ2) is 10.4. The minimum atomic E-state index is 0. The number of ether oxygens (including phenoxy) is 1. The zero-order chi connectivity index (χ0) is 19.3. The quantitative estimate of drug-likeness (QED) is 0.373. The monoisotopic (exact) mass is 511 g/mol. The molecule has 8 nitrogen and oxygen atoms in total. The van der Waals surface area contributed by atoms with Gasteiger partial charge in [-0.05, 0) is 12.5 Å². The van der Waals surface area contributed by atoms with Crippen LogP contribution in [0.25, 0.3) is 0 Å². The highest BCUT2D eigenvalue weighted by molar-refractivity contribution is 14.0. The maximum Gasteiger partial charge on any atom is 0.194 e. The maximum absolute atomic E-state index is 6.11. The van der Waals surface area contributed by atoms with Gasteiger partial charge in [-0.15, -0.1) is 24.0 Å². The first kappa shape index (κ1) is 22.0. The molecule has 0 radical (unpaired) electrons. The van der Waals surface area contributed by atoms with Crippen LogP contribution >= 0.6 is 24.0 Å². The van der Waals surface area contributed by atoms with Crippen LogP contribution < -0.4 is 5.32 Å². The SMILES string of the molecule is CCNC(=NCc1ncnn1C)N1CC2OCCN(Cc3ccccc3)C2C1.I. The van der Waals surface area contributed by atoms with Gasteiger partial charge in [0.2, 0.25) is 0 Å². The van der Waals surface area contributed by atoms with E-state index in [2.05, 4.69) is 62.5 Å². The highest BCUT2D eigenvalue weighted by atomic mass is 127. The molecule has 3 heterocycles. The Kier molecular flexibility index (Phi) is 7.84. The number of likely N-dealkylation sites (tertiary alicyclic amines) is 1. The third-order valence-electron chi connectivity index (χ3n) is 5.45. The molecule has 2 aromatic rings. The number of hydrogen-bond acceptors (Lipinski definition) is 5. The molecule has 2 fully saturated rings. The number of aromatic nitrogens is 3. The fraction of sp³-hybridized carbons (Fsp3) is 0.550. The molecule has 158 valence electrons. The Morgan fingerprint density at radius 2 is 2.10 bits per heavy atom. The van der Waals surface area contributed by atoms with Gasteiger partial charge in [-0.2, -0.15) is 5.10 Å². The summed E-state index contributed by atoms with van der Waals surface area (Å²) in [6.07, 6.45) is 1.79. The third-order valence-corrected chi connectivity index (χ3v) is 5.45. The van der Waals surface area contributed by atoms with Gasteiger partial charge < -0.3 is 15.0 Å². The van der Waals surface area contributed by atoms with E-state index in [1.165, 1.54) is 5.56 Å². The lowest BCUT2D eigenvalue weighted by Crippen LogP contribution is -2.50. The molecule has 0 saturated carbocycles. The number of guanidine groups is 1. The van der Waals surface area contributed by atoms with E-state index in [0.29, 0.717) is 12.6 Å². The number of aliphatic imine (C=N–C) groups is 1. The topological polar surface area (TPSA) is 70.8 Å². The van der Waals surface area contributed by atoms with Crippen molar-refractivity contribution < 1.29 is 4.74 Å². The molecule has 0 aliphatic carbocycles. The molecule has 0 bridgehead atoms. The third kappa shape index (κ3) is 5.26. The number of aryl methyl sites for hydroxylation is 1. The molecule has 0 amide bonds. The van der Waals surface area contributed by atoms with Crippen molar-refractivity contribution in [2.75, 3.05) is 32.8 Å². The molecule has 4 rings (SSSR count). The van der Waals surface area contributed by atoms with E-state index in [4.69, 9.17) is 9.73 Å². The van der Waals surface area contributed by atoms with Crippen molar-refractivity contribution in [3.63, 3.8) is 0 Å². The molecule has 1 aromatic heterocycles.